The number of anilines is 4. The van der Waals surface area contributed by atoms with Gasteiger partial charge in [-0.05, 0) is 62.6 Å². The zero-order valence-electron chi connectivity index (χ0n) is 22.6. The number of hydrogen-bond acceptors (Lipinski definition) is 11. The summed E-state index contributed by atoms with van der Waals surface area (Å²) in [5, 5.41) is 5.55. The molecule has 6 N–H and O–H groups in total. The molecule has 0 saturated carbocycles. The van der Waals surface area contributed by atoms with E-state index in [0.29, 0.717) is 41.8 Å². The Hall–Kier alpha value is -3.54. The van der Waals surface area contributed by atoms with E-state index >= 15 is 0 Å². The van der Waals surface area contributed by atoms with Crippen molar-refractivity contribution >= 4 is 34.7 Å². The molecule has 2 aromatic carbocycles. The minimum absolute atomic E-state index is 0.323. The highest BCUT2D eigenvalue weighted by molar-refractivity contribution is 5.92. The van der Waals surface area contributed by atoms with Gasteiger partial charge in [-0.25, -0.2) is 14.6 Å². The van der Waals surface area contributed by atoms with Crippen LogP contribution in [0.15, 0.2) is 36.4 Å². The summed E-state index contributed by atoms with van der Waals surface area (Å²) in [6.07, 6.45) is 2.63. The van der Waals surface area contributed by atoms with Gasteiger partial charge in [0.25, 0.3) is 0 Å². The zero-order chi connectivity index (χ0) is 27.6. The minimum atomic E-state index is -0.379. The first kappa shape index (κ1) is 28.5. The lowest BCUT2D eigenvalue weighted by molar-refractivity contribution is 0.0478. The Kier molecular flexibility index (Phi) is 10.2. The summed E-state index contributed by atoms with van der Waals surface area (Å²) in [6.45, 7) is 8.15. The van der Waals surface area contributed by atoms with Crippen molar-refractivity contribution in [3.8, 4) is 0 Å². The molecule has 2 aliphatic rings. The maximum atomic E-state index is 12.5. The predicted octanol–water partition coefficient (Wildman–Crippen LogP) is 2.81. The van der Waals surface area contributed by atoms with Gasteiger partial charge >= 0.3 is 11.9 Å². The molecule has 0 radical (unpaired) electrons. The van der Waals surface area contributed by atoms with E-state index in [2.05, 4.69) is 20.7 Å². The molecule has 2 aliphatic heterocycles. The van der Waals surface area contributed by atoms with Crippen molar-refractivity contribution in [2.45, 2.75) is 32.2 Å². The standard InChI is InChI=1S/C28H40N6O5/c1-2-38-27(35)20-5-7-26(24(30)19-20)32-34-13-11-33(12-14-34)10-3-15-39-28(36)21-4-6-25(23(29)18-21)31-22-8-16-37-17-9-22/h4-7,18-19,22,31-32H,2-3,8-17,29-30H2,1H3. The maximum Gasteiger partial charge on any atom is 0.338 e. The first-order valence-electron chi connectivity index (χ1n) is 13.6. The third-order valence-electron chi connectivity index (χ3n) is 6.93. The molecule has 212 valence electrons. The second-order valence-electron chi connectivity index (χ2n) is 9.79. The summed E-state index contributed by atoms with van der Waals surface area (Å²) >= 11 is 0. The lowest BCUT2D eigenvalue weighted by atomic mass is 10.1. The summed E-state index contributed by atoms with van der Waals surface area (Å²) in [4.78, 5) is 26.7. The predicted molar refractivity (Wildman–Crippen MR) is 152 cm³/mol. The van der Waals surface area contributed by atoms with Crippen LogP contribution >= 0.6 is 0 Å². The van der Waals surface area contributed by atoms with Crippen LogP contribution in [0.1, 0.15) is 46.9 Å². The average Bonchev–Trinajstić information content (AvgIpc) is 2.94. The van der Waals surface area contributed by atoms with Crippen LogP contribution in [0.5, 0.6) is 0 Å². The fourth-order valence-corrected chi connectivity index (χ4v) is 4.68. The number of nitrogens with two attached hydrogens (primary N) is 2. The van der Waals surface area contributed by atoms with E-state index in [0.717, 1.165) is 76.6 Å². The molecule has 2 aromatic rings. The smallest absolute Gasteiger partial charge is 0.338 e. The number of nitrogens with one attached hydrogen (secondary N) is 2. The van der Waals surface area contributed by atoms with Gasteiger partial charge in [0.15, 0.2) is 0 Å². The quantitative estimate of drug-likeness (QED) is 0.190. The highest BCUT2D eigenvalue weighted by atomic mass is 16.5. The van der Waals surface area contributed by atoms with Crippen LogP contribution in [0.4, 0.5) is 22.7 Å². The third kappa shape index (κ3) is 8.22. The van der Waals surface area contributed by atoms with Gasteiger partial charge in [-0.15, -0.1) is 0 Å². The van der Waals surface area contributed by atoms with Crippen LogP contribution in [0.25, 0.3) is 0 Å². The van der Waals surface area contributed by atoms with E-state index in [1.54, 1.807) is 37.3 Å². The SMILES string of the molecule is CCOC(=O)c1ccc(NN2CCN(CCCOC(=O)c3ccc(NC4CCOCC4)c(N)c3)CC2)c(N)c1. The maximum absolute atomic E-state index is 12.5. The molecule has 2 heterocycles. The molecule has 2 saturated heterocycles. The monoisotopic (exact) mass is 540 g/mol. The number of nitrogen functional groups attached to an aromatic ring is 2. The Balaban J connectivity index is 1.14. The van der Waals surface area contributed by atoms with Crippen LogP contribution in [0, 0.1) is 0 Å². The van der Waals surface area contributed by atoms with Crippen LogP contribution in [0.2, 0.25) is 0 Å². The number of carbonyl (C=O) groups excluding carboxylic acids is 2. The summed E-state index contributed by atoms with van der Waals surface area (Å²) < 4.78 is 15.9. The van der Waals surface area contributed by atoms with Crippen molar-refractivity contribution in [1.82, 2.24) is 9.91 Å². The van der Waals surface area contributed by atoms with Crippen LogP contribution in [0.3, 0.4) is 0 Å². The molecule has 0 bridgehead atoms. The number of piperazine rings is 1. The van der Waals surface area contributed by atoms with Gasteiger partial charge in [0.1, 0.15) is 0 Å². The largest absolute Gasteiger partial charge is 0.462 e. The highest BCUT2D eigenvalue weighted by Crippen LogP contribution is 2.24. The molecule has 0 unspecified atom stereocenters. The fourth-order valence-electron chi connectivity index (χ4n) is 4.68. The molecule has 0 spiro atoms. The number of hydrogen-bond donors (Lipinski definition) is 4. The first-order chi connectivity index (χ1) is 18.9. The summed E-state index contributed by atoms with van der Waals surface area (Å²) in [7, 11) is 0. The molecule has 0 amide bonds. The second-order valence-corrected chi connectivity index (χ2v) is 9.79. The molecule has 39 heavy (non-hydrogen) atoms. The number of nitrogens with zero attached hydrogens (tertiary/aromatic N) is 2. The molecule has 2 fully saturated rings. The van der Waals surface area contributed by atoms with Crippen molar-refractivity contribution in [3.05, 3.63) is 47.5 Å². The number of ether oxygens (including phenoxy) is 3. The van der Waals surface area contributed by atoms with E-state index in [-0.39, 0.29) is 11.9 Å². The van der Waals surface area contributed by atoms with Gasteiger partial charge in [-0.3, -0.25) is 0 Å². The highest BCUT2D eigenvalue weighted by Gasteiger charge is 2.19. The van der Waals surface area contributed by atoms with E-state index < -0.39 is 0 Å². The Morgan fingerprint density at radius 3 is 2.15 bits per heavy atom. The molecule has 11 heteroatoms. The normalized spacial score (nSPS) is 16.9. The topological polar surface area (TPSA) is 144 Å². The Labute approximate surface area is 229 Å². The van der Waals surface area contributed by atoms with Gasteiger partial charge < -0.3 is 41.3 Å². The lowest BCUT2D eigenvalue weighted by Crippen LogP contribution is -2.48. The molecule has 0 aromatic heterocycles. The summed E-state index contributed by atoms with van der Waals surface area (Å²) in [5.74, 6) is -0.740. The zero-order valence-corrected chi connectivity index (χ0v) is 22.6. The van der Waals surface area contributed by atoms with Gasteiger partial charge in [0.05, 0.1) is 47.1 Å². The van der Waals surface area contributed by atoms with Gasteiger partial charge in [0.2, 0.25) is 0 Å². The van der Waals surface area contributed by atoms with Crippen molar-refractivity contribution in [1.29, 1.82) is 0 Å². The van der Waals surface area contributed by atoms with Crippen LogP contribution in [-0.2, 0) is 14.2 Å². The van der Waals surface area contributed by atoms with Gasteiger partial charge in [-0.1, -0.05) is 0 Å². The van der Waals surface area contributed by atoms with Crippen LogP contribution in [-0.4, -0.2) is 87.0 Å². The van der Waals surface area contributed by atoms with Gasteiger partial charge in [-0.2, -0.15) is 0 Å². The molecular formula is C28H40N6O5. The number of benzene rings is 2. The number of hydrazine groups is 1. The molecule has 4 rings (SSSR count). The Bertz CT molecular complexity index is 1120. The van der Waals surface area contributed by atoms with Crippen molar-refractivity contribution in [2.75, 3.05) is 81.4 Å². The second kappa shape index (κ2) is 14.0. The van der Waals surface area contributed by atoms with Crippen molar-refractivity contribution in [2.24, 2.45) is 0 Å². The van der Waals surface area contributed by atoms with E-state index in [4.69, 9.17) is 25.7 Å². The number of carbonyl (C=O) groups is 2. The van der Waals surface area contributed by atoms with Crippen molar-refractivity contribution in [3.63, 3.8) is 0 Å². The molecular weight excluding hydrogens is 500 g/mol. The summed E-state index contributed by atoms with van der Waals surface area (Å²) in [6, 6.07) is 10.7. The summed E-state index contributed by atoms with van der Waals surface area (Å²) in [5.41, 5.74) is 19.2. The lowest BCUT2D eigenvalue weighted by Gasteiger charge is -2.35. The third-order valence-corrected chi connectivity index (χ3v) is 6.93. The molecule has 0 atom stereocenters. The van der Waals surface area contributed by atoms with Gasteiger partial charge in [0, 0.05) is 52.0 Å². The number of rotatable bonds is 11. The first-order valence-corrected chi connectivity index (χ1v) is 13.6. The fraction of sp³-hybridized carbons (Fsp3) is 0.500. The Morgan fingerprint density at radius 1 is 0.923 bits per heavy atom. The molecule has 0 aliphatic carbocycles. The van der Waals surface area contributed by atoms with E-state index in [1.807, 2.05) is 6.07 Å². The van der Waals surface area contributed by atoms with E-state index in [9.17, 15) is 9.59 Å². The number of esters is 2. The molecule has 11 nitrogen and oxygen atoms in total. The van der Waals surface area contributed by atoms with E-state index in [1.165, 1.54) is 0 Å². The Morgan fingerprint density at radius 2 is 1.54 bits per heavy atom. The average molecular weight is 541 g/mol. The van der Waals surface area contributed by atoms with Crippen molar-refractivity contribution < 1.29 is 23.8 Å². The minimum Gasteiger partial charge on any atom is -0.462 e. The van der Waals surface area contributed by atoms with Crippen LogP contribution < -0.4 is 22.2 Å².